The van der Waals surface area contributed by atoms with Gasteiger partial charge in [-0.05, 0) is 18.4 Å². The minimum atomic E-state index is -0.698. The molecule has 12 heavy (non-hydrogen) atoms. The van der Waals surface area contributed by atoms with Gasteiger partial charge in [-0.1, -0.05) is 13.8 Å². The summed E-state index contributed by atoms with van der Waals surface area (Å²) < 4.78 is 0. The third kappa shape index (κ3) is 2.08. The van der Waals surface area contributed by atoms with Crippen LogP contribution in [-0.4, -0.2) is 28.7 Å². The zero-order valence-electron chi connectivity index (χ0n) is 7.53. The van der Waals surface area contributed by atoms with Crippen LogP contribution >= 0.6 is 0 Å². The summed E-state index contributed by atoms with van der Waals surface area (Å²) in [5.74, 6) is 0.480. The molecular weight excluding hydrogens is 154 g/mol. The molecule has 1 unspecified atom stereocenters. The highest BCUT2D eigenvalue weighted by Gasteiger charge is 2.22. The average Bonchev–Trinajstić information content (AvgIpc) is 2.28. The third-order valence-electron chi connectivity index (χ3n) is 1.96. The van der Waals surface area contributed by atoms with Crippen molar-refractivity contribution in [1.29, 1.82) is 0 Å². The lowest BCUT2D eigenvalue weighted by molar-refractivity contribution is -0.130. The molecule has 0 aliphatic carbocycles. The van der Waals surface area contributed by atoms with Crippen molar-refractivity contribution in [2.24, 2.45) is 5.92 Å². The van der Waals surface area contributed by atoms with Crippen LogP contribution in [0.15, 0.2) is 12.2 Å². The van der Waals surface area contributed by atoms with Crippen molar-refractivity contribution in [2.45, 2.75) is 26.5 Å². The van der Waals surface area contributed by atoms with Gasteiger partial charge >= 0.3 is 0 Å². The Bertz CT molecular complexity index is 199. The van der Waals surface area contributed by atoms with Gasteiger partial charge in [-0.15, -0.1) is 0 Å². The molecule has 1 atom stereocenters. The van der Waals surface area contributed by atoms with E-state index in [0.29, 0.717) is 12.5 Å². The molecule has 1 rings (SSSR count). The first kappa shape index (κ1) is 9.26. The first-order valence-electron chi connectivity index (χ1n) is 4.28. The van der Waals surface area contributed by atoms with Gasteiger partial charge in [-0.25, -0.2) is 0 Å². The highest BCUT2D eigenvalue weighted by Crippen LogP contribution is 2.11. The van der Waals surface area contributed by atoms with Gasteiger partial charge in [0.25, 0.3) is 0 Å². The fraction of sp³-hybridized carbons (Fsp3) is 0.667. The average molecular weight is 169 g/mol. The van der Waals surface area contributed by atoms with Crippen LogP contribution in [0.5, 0.6) is 0 Å². The molecular formula is C9H15NO2. The maximum Gasteiger partial charge on any atom is 0.248 e. The van der Waals surface area contributed by atoms with Crippen molar-refractivity contribution in [1.82, 2.24) is 4.90 Å². The van der Waals surface area contributed by atoms with E-state index in [1.165, 1.54) is 17.1 Å². The molecule has 0 saturated carbocycles. The van der Waals surface area contributed by atoms with Gasteiger partial charge < -0.3 is 10.0 Å². The standard InChI is InChI=1S/C9H15NO2/c1-7(2)5-6-10-8(11)3-4-9(10)12/h3-4,7-8,11H,5-6H2,1-2H3. The number of aliphatic hydroxyl groups excluding tert-OH is 1. The van der Waals surface area contributed by atoms with Crippen molar-refractivity contribution in [2.75, 3.05) is 6.54 Å². The first-order chi connectivity index (χ1) is 5.61. The van der Waals surface area contributed by atoms with Crippen molar-refractivity contribution in [3.8, 4) is 0 Å². The van der Waals surface area contributed by atoms with E-state index < -0.39 is 6.23 Å². The Morgan fingerprint density at radius 1 is 1.67 bits per heavy atom. The summed E-state index contributed by atoms with van der Waals surface area (Å²) in [6.07, 6.45) is 3.18. The number of hydrogen-bond donors (Lipinski definition) is 1. The summed E-state index contributed by atoms with van der Waals surface area (Å²) in [6, 6.07) is 0. The molecule has 0 radical (unpaired) electrons. The Balaban J connectivity index is 2.37. The summed E-state index contributed by atoms with van der Waals surface area (Å²) in [5.41, 5.74) is 0. The van der Waals surface area contributed by atoms with Crippen molar-refractivity contribution >= 4 is 5.91 Å². The SMILES string of the molecule is CC(C)CCN1C(=O)C=CC1O. The van der Waals surface area contributed by atoms with E-state index >= 15 is 0 Å². The summed E-state index contributed by atoms with van der Waals surface area (Å²) in [5, 5.41) is 9.29. The van der Waals surface area contributed by atoms with Gasteiger partial charge in [0.15, 0.2) is 0 Å². The van der Waals surface area contributed by atoms with Crippen LogP contribution in [0.25, 0.3) is 0 Å². The zero-order chi connectivity index (χ0) is 9.14. The Morgan fingerprint density at radius 2 is 2.33 bits per heavy atom. The zero-order valence-corrected chi connectivity index (χ0v) is 7.53. The van der Waals surface area contributed by atoms with E-state index in [-0.39, 0.29) is 5.91 Å². The Hall–Kier alpha value is -0.830. The number of hydrogen-bond acceptors (Lipinski definition) is 2. The maximum absolute atomic E-state index is 11.1. The predicted molar refractivity (Wildman–Crippen MR) is 46.3 cm³/mol. The normalized spacial score (nSPS) is 22.8. The van der Waals surface area contributed by atoms with Crippen LogP contribution in [0.3, 0.4) is 0 Å². The molecule has 1 amide bonds. The lowest BCUT2D eigenvalue weighted by Crippen LogP contribution is -2.34. The molecule has 0 aromatic rings. The summed E-state index contributed by atoms with van der Waals surface area (Å²) >= 11 is 0. The molecule has 3 nitrogen and oxygen atoms in total. The summed E-state index contributed by atoms with van der Waals surface area (Å²) in [7, 11) is 0. The van der Waals surface area contributed by atoms with Crippen LogP contribution in [0.4, 0.5) is 0 Å². The van der Waals surface area contributed by atoms with E-state index in [2.05, 4.69) is 13.8 Å². The quantitative estimate of drug-likeness (QED) is 0.677. The molecule has 0 saturated heterocycles. The minimum Gasteiger partial charge on any atom is -0.370 e. The molecule has 1 heterocycles. The molecule has 0 aromatic heterocycles. The predicted octanol–water partition coefficient (Wildman–Crippen LogP) is 0.749. The van der Waals surface area contributed by atoms with Gasteiger partial charge in [-0.2, -0.15) is 0 Å². The summed E-state index contributed by atoms with van der Waals surface area (Å²) in [4.78, 5) is 12.5. The molecule has 0 bridgehead atoms. The van der Waals surface area contributed by atoms with Crippen LogP contribution in [0.2, 0.25) is 0 Å². The molecule has 0 fully saturated rings. The lowest BCUT2D eigenvalue weighted by Gasteiger charge is -2.21. The van der Waals surface area contributed by atoms with Crippen LogP contribution in [-0.2, 0) is 4.79 Å². The number of rotatable bonds is 3. The monoisotopic (exact) mass is 169 g/mol. The lowest BCUT2D eigenvalue weighted by atomic mass is 10.1. The van der Waals surface area contributed by atoms with Crippen molar-refractivity contribution in [3.63, 3.8) is 0 Å². The second-order valence-corrected chi connectivity index (χ2v) is 3.49. The number of carbonyl (C=O) groups is 1. The van der Waals surface area contributed by atoms with E-state index in [4.69, 9.17) is 0 Å². The molecule has 68 valence electrons. The van der Waals surface area contributed by atoms with Crippen molar-refractivity contribution in [3.05, 3.63) is 12.2 Å². The number of carbonyl (C=O) groups excluding carboxylic acids is 1. The van der Waals surface area contributed by atoms with Gasteiger partial charge in [-0.3, -0.25) is 4.79 Å². The molecule has 3 heteroatoms. The number of amides is 1. The fourth-order valence-corrected chi connectivity index (χ4v) is 1.14. The number of aliphatic hydroxyl groups is 1. The van der Waals surface area contributed by atoms with Gasteiger partial charge in [0.1, 0.15) is 6.23 Å². The Kier molecular flexibility index (Phi) is 2.87. The molecule has 1 aliphatic heterocycles. The van der Waals surface area contributed by atoms with Gasteiger partial charge in [0, 0.05) is 12.6 Å². The second kappa shape index (κ2) is 3.72. The maximum atomic E-state index is 11.1. The fourth-order valence-electron chi connectivity index (χ4n) is 1.14. The van der Waals surface area contributed by atoms with E-state index in [1.807, 2.05) is 0 Å². The van der Waals surface area contributed by atoms with E-state index in [9.17, 15) is 9.90 Å². The second-order valence-electron chi connectivity index (χ2n) is 3.49. The molecule has 1 N–H and O–H groups in total. The van der Waals surface area contributed by atoms with E-state index in [0.717, 1.165) is 6.42 Å². The number of nitrogens with zero attached hydrogens (tertiary/aromatic N) is 1. The first-order valence-corrected chi connectivity index (χ1v) is 4.28. The Labute approximate surface area is 72.7 Å². The minimum absolute atomic E-state index is 0.0804. The topological polar surface area (TPSA) is 40.5 Å². The molecule has 0 aromatic carbocycles. The Morgan fingerprint density at radius 3 is 2.75 bits per heavy atom. The summed E-state index contributed by atoms with van der Waals surface area (Å²) in [6.45, 7) is 4.84. The smallest absolute Gasteiger partial charge is 0.248 e. The van der Waals surface area contributed by atoms with Gasteiger partial charge in [0.05, 0.1) is 0 Å². The van der Waals surface area contributed by atoms with Crippen molar-refractivity contribution < 1.29 is 9.90 Å². The van der Waals surface area contributed by atoms with E-state index in [1.54, 1.807) is 0 Å². The van der Waals surface area contributed by atoms with Gasteiger partial charge in [0.2, 0.25) is 5.91 Å². The highest BCUT2D eigenvalue weighted by atomic mass is 16.3. The molecule has 0 spiro atoms. The van der Waals surface area contributed by atoms with Crippen LogP contribution in [0.1, 0.15) is 20.3 Å². The van der Waals surface area contributed by atoms with Crippen LogP contribution < -0.4 is 0 Å². The molecule has 1 aliphatic rings. The third-order valence-corrected chi connectivity index (χ3v) is 1.96. The van der Waals surface area contributed by atoms with Crippen LogP contribution in [0, 0.1) is 5.92 Å². The highest BCUT2D eigenvalue weighted by molar-refractivity contribution is 5.90. The largest absolute Gasteiger partial charge is 0.370 e.